The maximum absolute atomic E-state index is 14.1. The van der Waals surface area contributed by atoms with Crippen molar-refractivity contribution in [2.75, 3.05) is 13.1 Å². The molecule has 1 unspecified atom stereocenters. The van der Waals surface area contributed by atoms with Crippen LogP contribution in [0, 0.1) is 5.82 Å². The molecular formula is C19H23Cl2F3N2. The third-order valence-corrected chi connectivity index (χ3v) is 5.15. The van der Waals surface area contributed by atoms with Gasteiger partial charge in [-0.25, -0.2) is 13.2 Å². The number of hydrogen-bond donors (Lipinski definition) is 1. The van der Waals surface area contributed by atoms with Gasteiger partial charge in [0.05, 0.1) is 11.1 Å². The predicted molar refractivity (Wildman–Crippen MR) is 102 cm³/mol. The molecule has 1 aliphatic carbocycles. The molecule has 1 N–H and O–H groups in total. The predicted octanol–water partition coefficient (Wildman–Crippen LogP) is 5.15. The smallest absolute Gasteiger partial charge is 0.270 e. The van der Waals surface area contributed by atoms with E-state index in [1.54, 1.807) is 12.1 Å². The highest BCUT2D eigenvalue weighted by molar-refractivity contribution is 6.30. The van der Waals surface area contributed by atoms with E-state index in [0.29, 0.717) is 17.7 Å². The number of halogens is 5. The van der Waals surface area contributed by atoms with Gasteiger partial charge in [-0.1, -0.05) is 29.8 Å². The van der Waals surface area contributed by atoms with Crippen LogP contribution in [0.15, 0.2) is 42.0 Å². The van der Waals surface area contributed by atoms with Crippen LogP contribution in [-0.4, -0.2) is 36.0 Å². The van der Waals surface area contributed by atoms with Crippen molar-refractivity contribution in [3.63, 3.8) is 0 Å². The summed E-state index contributed by atoms with van der Waals surface area (Å²) in [5.41, 5.74) is 1.25. The fourth-order valence-corrected chi connectivity index (χ4v) is 3.72. The Hall–Kier alpha value is -1.01. The third-order valence-electron chi connectivity index (χ3n) is 4.84. The average Bonchev–Trinajstić information content (AvgIpc) is 2.53. The Balaban J connectivity index is 0.00000243. The van der Waals surface area contributed by atoms with Crippen molar-refractivity contribution in [1.82, 2.24) is 10.2 Å². The topological polar surface area (TPSA) is 15.3 Å². The van der Waals surface area contributed by atoms with Crippen molar-refractivity contribution >= 4 is 24.0 Å². The van der Waals surface area contributed by atoms with Gasteiger partial charge in [-0.15, -0.1) is 12.4 Å². The molecule has 26 heavy (non-hydrogen) atoms. The normalized spacial score (nSPS) is 26.8. The Kier molecular flexibility index (Phi) is 6.83. The van der Waals surface area contributed by atoms with E-state index in [-0.39, 0.29) is 35.9 Å². The molecule has 3 atom stereocenters. The van der Waals surface area contributed by atoms with Crippen LogP contribution >= 0.6 is 24.0 Å². The van der Waals surface area contributed by atoms with Crippen molar-refractivity contribution in [1.29, 1.82) is 0 Å². The van der Waals surface area contributed by atoms with Gasteiger partial charge in [-0.05, 0) is 43.2 Å². The highest BCUT2D eigenvalue weighted by Gasteiger charge is 2.37. The zero-order chi connectivity index (χ0) is 18.2. The van der Waals surface area contributed by atoms with E-state index in [4.69, 9.17) is 11.6 Å². The molecule has 0 spiro atoms. The number of nitrogens with one attached hydrogen (secondary N) is 1. The fraction of sp³-hybridized carbons (Fsp3) is 0.474. The number of allylic oxidation sites excluding steroid dienone is 3. The van der Waals surface area contributed by atoms with E-state index in [0.717, 1.165) is 12.6 Å². The summed E-state index contributed by atoms with van der Waals surface area (Å²) in [7, 11) is 0. The van der Waals surface area contributed by atoms with Gasteiger partial charge in [0.1, 0.15) is 5.82 Å². The van der Waals surface area contributed by atoms with E-state index in [2.05, 4.69) is 24.1 Å². The second-order valence-corrected chi connectivity index (χ2v) is 7.38. The maximum Gasteiger partial charge on any atom is 0.270 e. The summed E-state index contributed by atoms with van der Waals surface area (Å²) in [6.07, 6.45) is 3.69. The summed E-state index contributed by atoms with van der Waals surface area (Å²) in [5, 5.41) is 3.42. The maximum atomic E-state index is 14.1. The molecule has 0 radical (unpaired) electrons. The third kappa shape index (κ3) is 4.63. The molecule has 1 heterocycles. The van der Waals surface area contributed by atoms with Gasteiger partial charge in [0.15, 0.2) is 0 Å². The molecule has 1 fully saturated rings. The van der Waals surface area contributed by atoms with E-state index >= 15 is 0 Å². The lowest BCUT2D eigenvalue weighted by molar-refractivity contribution is 0.0429. The van der Waals surface area contributed by atoms with Crippen molar-refractivity contribution in [3.8, 4) is 0 Å². The largest absolute Gasteiger partial charge is 0.311 e. The first-order valence-corrected chi connectivity index (χ1v) is 8.85. The monoisotopic (exact) mass is 406 g/mol. The minimum absolute atomic E-state index is 0. The van der Waals surface area contributed by atoms with Gasteiger partial charge < -0.3 is 5.32 Å². The standard InChI is InChI=1S/C19H22ClF3N2.ClH/c1-12-11-25(13(2)10-24-12)18(14-5-6-16(20)17(21)8-14)15-4-3-7-19(22,23)9-15;/h3-8,12-13,18,24H,9-11H2,1-2H3;1H/t12-,13+,18?;/m0./s1. The Morgan fingerprint density at radius 1 is 1.31 bits per heavy atom. The molecule has 7 heteroatoms. The Morgan fingerprint density at radius 3 is 2.69 bits per heavy atom. The van der Waals surface area contributed by atoms with Crippen LogP contribution in [0.1, 0.15) is 31.9 Å². The Bertz CT molecular complexity index is 706. The van der Waals surface area contributed by atoms with Gasteiger partial charge in [-0.3, -0.25) is 4.90 Å². The number of piperazine rings is 1. The molecule has 0 bridgehead atoms. The van der Waals surface area contributed by atoms with Gasteiger partial charge >= 0.3 is 0 Å². The van der Waals surface area contributed by atoms with Gasteiger partial charge in [0, 0.05) is 31.6 Å². The van der Waals surface area contributed by atoms with Gasteiger partial charge in [0.2, 0.25) is 0 Å². The number of rotatable bonds is 3. The molecule has 1 saturated heterocycles. The first kappa shape index (κ1) is 21.3. The lowest BCUT2D eigenvalue weighted by atomic mass is 9.88. The number of nitrogens with zero attached hydrogens (tertiary/aromatic N) is 1. The Morgan fingerprint density at radius 2 is 2.04 bits per heavy atom. The second kappa shape index (κ2) is 8.34. The Labute approximate surface area is 163 Å². The molecule has 0 saturated carbocycles. The van der Waals surface area contributed by atoms with Crippen LogP contribution < -0.4 is 5.32 Å². The molecule has 1 aliphatic heterocycles. The lowest BCUT2D eigenvalue weighted by Crippen LogP contribution is -2.55. The molecule has 2 aliphatic rings. The van der Waals surface area contributed by atoms with E-state index in [1.165, 1.54) is 18.2 Å². The number of alkyl halides is 2. The second-order valence-electron chi connectivity index (χ2n) is 6.97. The zero-order valence-electron chi connectivity index (χ0n) is 14.7. The first-order valence-electron chi connectivity index (χ1n) is 8.47. The lowest BCUT2D eigenvalue weighted by Gasteiger charge is -2.44. The summed E-state index contributed by atoms with van der Waals surface area (Å²) in [4.78, 5) is 2.17. The van der Waals surface area contributed by atoms with Crippen LogP contribution in [0.2, 0.25) is 5.02 Å². The zero-order valence-corrected chi connectivity index (χ0v) is 16.3. The van der Waals surface area contributed by atoms with Crippen LogP contribution in [0.5, 0.6) is 0 Å². The first-order chi connectivity index (χ1) is 11.8. The van der Waals surface area contributed by atoms with E-state index in [9.17, 15) is 13.2 Å². The minimum Gasteiger partial charge on any atom is -0.311 e. The van der Waals surface area contributed by atoms with Crippen LogP contribution in [-0.2, 0) is 0 Å². The van der Waals surface area contributed by atoms with Crippen molar-refractivity contribution in [2.45, 2.75) is 44.3 Å². The van der Waals surface area contributed by atoms with Crippen molar-refractivity contribution in [3.05, 3.63) is 58.4 Å². The summed E-state index contributed by atoms with van der Waals surface area (Å²) in [6.45, 7) is 5.56. The SMILES string of the molecule is C[C@@H]1CN[C@@H](C)CN1C(C1=CC=CC(F)(F)C1)c1ccc(Cl)c(F)c1.Cl. The molecule has 0 aromatic heterocycles. The average molecular weight is 407 g/mol. The highest BCUT2D eigenvalue weighted by Crippen LogP contribution is 2.40. The summed E-state index contributed by atoms with van der Waals surface area (Å²) in [5.74, 6) is -3.41. The van der Waals surface area contributed by atoms with Crippen molar-refractivity contribution in [2.24, 2.45) is 0 Å². The summed E-state index contributed by atoms with van der Waals surface area (Å²) in [6, 6.07) is 4.56. The molecular weight excluding hydrogens is 384 g/mol. The van der Waals surface area contributed by atoms with Crippen LogP contribution in [0.3, 0.4) is 0 Å². The number of hydrogen-bond acceptors (Lipinski definition) is 2. The van der Waals surface area contributed by atoms with Gasteiger partial charge in [0.25, 0.3) is 5.92 Å². The van der Waals surface area contributed by atoms with Crippen LogP contribution in [0.4, 0.5) is 13.2 Å². The molecule has 1 aromatic carbocycles. The minimum atomic E-state index is -2.88. The molecule has 1 aromatic rings. The molecule has 0 amide bonds. The molecule has 144 valence electrons. The van der Waals surface area contributed by atoms with E-state index in [1.807, 2.05) is 0 Å². The van der Waals surface area contributed by atoms with Crippen molar-refractivity contribution < 1.29 is 13.2 Å². The van der Waals surface area contributed by atoms with Crippen LogP contribution in [0.25, 0.3) is 0 Å². The highest BCUT2D eigenvalue weighted by atomic mass is 35.5. The molecule has 3 rings (SSSR count). The summed E-state index contributed by atoms with van der Waals surface area (Å²) >= 11 is 5.81. The quantitative estimate of drug-likeness (QED) is 0.746. The fourth-order valence-electron chi connectivity index (χ4n) is 3.60. The van der Waals surface area contributed by atoms with Gasteiger partial charge in [-0.2, -0.15) is 0 Å². The summed E-state index contributed by atoms with van der Waals surface area (Å²) < 4.78 is 42.0. The number of benzene rings is 1. The molecule has 2 nitrogen and oxygen atoms in total. The van der Waals surface area contributed by atoms with E-state index < -0.39 is 17.8 Å².